The molecule has 0 spiro atoms. The molecule has 0 aromatic carbocycles. The van der Waals surface area contributed by atoms with Gasteiger partial charge in [0.05, 0.1) is 28.1 Å². The predicted octanol–water partition coefficient (Wildman–Crippen LogP) is 1.63. The average molecular weight is 286 g/mol. The minimum atomic E-state index is -0.100. The summed E-state index contributed by atoms with van der Waals surface area (Å²) in [5, 5.41) is 9.25. The molecule has 1 heterocycles. The van der Waals surface area contributed by atoms with Crippen LogP contribution < -0.4 is 10.6 Å². The van der Waals surface area contributed by atoms with E-state index < -0.39 is 0 Å². The van der Waals surface area contributed by atoms with E-state index >= 15 is 0 Å². The molecule has 3 N–H and O–H groups in total. The molecule has 0 radical (unpaired) electrons. The first-order chi connectivity index (χ1) is 7.58. The van der Waals surface area contributed by atoms with Crippen molar-refractivity contribution in [2.75, 3.05) is 24.2 Å². The fourth-order valence-electron chi connectivity index (χ4n) is 2.17. The molecule has 0 amide bonds. The highest BCUT2D eigenvalue weighted by molar-refractivity contribution is 9.10. The Labute approximate surface area is 104 Å². The van der Waals surface area contributed by atoms with Crippen LogP contribution in [0.15, 0.2) is 16.9 Å². The second-order valence-electron chi connectivity index (χ2n) is 4.43. The summed E-state index contributed by atoms with van der Waals surface area (Å²) in [5.41, 5.74) is 7.56. The summed E-state index contributed by atoms with van der Waals surface area (Å²) in [6.07, 6.45) is 5.10. The van der Waals surface area contributed by atoms with Gasteiger partial charge in [-0.2, -0.15) is 0 Å². The number of aromatic nitrogens is 1. The third-order valence-electron chi connectivity index (χ3n) is 3.03. The molecule has 1 aliphatic carbocycles. The van der Waals surface area contributed by atoms with E-state index in [0.29, 0.717) is 11.6 Å². The van der Waals surface area contributed by atoms with E-state index in [2.05, 4.69) is 25.8 Å². The minimum Gasteiger partial charge on any atom is -0.396 e. The highest BCUT2D eigenvalue weighted by Crippen LogP contribution is 2.34. The molecule has 1 aromatic rings. The fourth-order valence-corrected chi connectivity index (χ4v) is 2.82. The van der Waals surface area contributed by atoms with Gasteiger partial charge in [-0.15, -0.1) is 0 Å². The van der Waals surface area contributed by atoms with E-state index in [4.69, 9.17) is 5.73 Å². The number of pyridine rings is 1. The number of aliphatic hydroxyl groups is 1. The van der Waals surface area contributed by atoms with Gasteiger partial charge in [-0.3, -0.25) is 4.98 Å². The van der Waals surface area contributed by atoms with Crippen LogP contribution in [0.25, 0.3) is 0 Å². The van der Waals surface area contributed by atoms with Gasteiger partial charge < -0.3 is 15.7 Å². The maximum Gasteiger partial charge on any atom is 0.0773 e. The first-order valence-electron chi connectivity index (χ1n) is 5.36. The highest BCUT2D eigenvalue weighted by Gasteiger charge is 2.28. The molecule has 16 heavy (non-hydrogen) atoms. The zero-order chi connectivity index (χ0) is 11.7. The van der Waals surface area contributed by atoms with Gasteiger partial charge in [0.1, 0.15) is 0 Å². The fraction of sp³-hybridized carbons (Fsp3) is 0.545. The number of hydrogen-bond donors (Lipinski definition) is 2. The lowest BCUT2D eigenvalue weighted by molar-refractivity contribution is 0.0465. The standard InChI is InChI=1S/C11H16BrN3O/c1-15(6-7-2-8(16)3-7)11-9(12)4-14-5-10(11)13/h4-5,7-8,16H,2-3,6,13H2,1H3. The number of nitrogens with two attached hydrogens (primary N) is 1. The molecule has 1 fully saturated rings. The van der Waals surface area contributed by atoms with Crippen LogP contribution in [0.4, 0.5) is 11.4 Å². The largest absolute Gasteiger partial charge is 0.396 e. The van der Waals surface area contributed by atoms with E-state index in [1.807, 2.05) is 7.05 Å². The molecular weight excluding hydrogens is 270 g/mol. The van der Waals surface area contributed by atoms with Crippen LogP contribution in [-0.2, 0) is 0 Å². The highest BCUT2D eigenvalue weighted by atomic mass is 79.9. The SMILES string of the molecule is CN(CC1CC(O)C1)c1c(N)cncc1Br. The van der Waals surface area contributed by atoms with Gasteiger partial charge in [0.15, 0.2) is 0 Å². The quantitative estimate of drug-likeness (QED) is 0.886. The molecule has 88 valence electrons. The van der Waals surface area contributed by atoms with Crippen LogP contribution in [0.1, 0.15) is 12.8 Å². The lowest BCUT2D eigenvalue weighted by Crippen LogP contribution is -2.37. The number of nitrogen functional groups attached to an aromatic ring is 1. The number of hydrogen-bond acceptors (Lipinski definition) is 4. The Morgan fingerprint density at radius 1 is 1.56 bits per heavy atom. The Morgan fingerprint density at radius 2 is 2.25 bits per heavy atom. The summed E-state index contributed by atoms with van der Waals surface area (Å²) in [6.45, 7) is 0.921. The van der Waals surface area contributed by atoms with Gasteiger partial charge in [-0.1, -0.05) is 0 Å². The first-order valence-corrected chi connectivity index (χ1v) is 6.15. The number of anilines is 2. The van der Waals surface area contributed by atoms with Gasteiger partial charge in [0.25, 0.3) is 0 Å². The molecule has 0 unspecified atom stereocenters. The van der Waals surface area contributed by atoms with Crippen LogP contribution in [0, 0.1) is 5.92 Å². The molecular formula is C11H16BrN3O. The Morgan fingerprint density at radius 3 is 2.81 bits per heavy atom. The maximum absolute atomic E-state index is 9.25. The van der Waals surface area contributed by atoms with E-state index in [-0.39, 0.29) is 6.10 Å². The first kappa shape index (κ1) is 11.7. The zero-order valence-electron chi connectivity index (χ0n) is 9.23. The molecule has 0 atom stereocenters. The van der Waals surface area contributed by atoms with Crippen LogP contribution in [0.3, 0.4) is 0 Å². The topological polar surface area (TPSA) is 62.4 Å². The van der Waals surface area contributed by atoms with E-state index in [1.165, 1.54) is 0 Å². The summed E-state index contributed by atoms with van der Waals surface area (Å²) in [6, 6.07) is 0. The lowest BCUT2D eigenvalue weighted by atomic mass is 9.82. The van der Waals surface area contributed by atoms with Gasteiger partial charge in [0, 0.05) is 19.8 Å². The van der Waals surface area contributed by atoms with Gasteiger partial charge >= 0.3 is 0 Å². The third kappa shape index (κ3) is 2.30. The minimum absolute atomic E-state index is 0.100. The van der Waals surface area contributed by atoms with Crippen LogP contribution in [0.5, 0.6) is 0 Å². The molecule has 1 aliphatic rings. The Kier molecular flexibility index (Phi) is 3.35. The number of rotatable bonds is 3. The molecule has 0 aliphatic heterocycles. The lowest BCUT2D eigenvalue weighted by Gasteiger charge is -2.35. The molecule has 0 saturated heterocycles. The normalized spacial score (nSPS) is 23.9. The molecule has 1 saturated carbocycles. The Hall–Kier alpha value is -0.810. The van der Waals surface area contributed by atoms with Crippen LogP contribution >= 0.6 is 15.9 Å². The molecule has 4 nitrogen and oxygen atoms in total. The second kappa shape index (κ2) is 4.59. The monoisotopic (exact) mass is 285 g/mol. The second-order valence-corrected chi connectivity index (χ2v) is 5.29. The summed E-state index contributed by atoms with van der Waals surface area (Å²) in [5.74, 6) is 0.569. The number of nitrogens with zero attached hydrogens (tertiary/aromatic N) is 2. The third-order valence-corrected chi connectivity index (χ3v) is 3.61. The molecule has 5 heteroatoms. The van der Waals surface area contributed by atoms with Gasteiger partial charge in [-0.05, 0) is 34.7 Å². The Balaban J connectivity index is 2.05. The molecule has 2 rings (SSSR count). The number of halogens is 1. The van der Waals surface area contributed by atoms with Gasteiger partial charge in [-0.25, -0.2) is 0 Å². The predicted molar refractivity (Wildman–Crippen MR) is 68.4 cm³/mol. The van der Waals surface area contributed by atoms with E-state index in [1.54, 1.807) is 12.4 Å². The van der Waals surface area contributed by atoms with Crippen molar-refractivity contribution in [2.24, 2.45) is 5.92 Å². The summed E-state index contributed by atoms with van der Waals surface area (Å²) in [4.78, 5) is 6.14. The van der Waals surface area contributed by atoms with E-state index in [0.717, 1.165) is 29.5 Å². The smallest absolute Gasteiger partial charge is 0.0773 e. The van der Waals surface area contributed by atoms with Crippen molar-refractivity contribution in [2.45, 2.75) is 18.9 Å². The van der Waals surface area contributed by atoms with Crippen molar-refractivity contribution < 1.29 is 5.11 Å². The Bertz CT molecular complexity index is 359. The summed E-state index contributed by atoms with van der Waals surface area (Å²) in [7, 11) is 2.02. The van der Waals surface area contributed by atoms with E-state index in [9.17, 15) is 5.11 Å². The summed E-state index contributed by atoms with van der Waals surface area (Å²) >= 11 is 3.46. The zero-order valence-corrected chi connectivity index (χ0v) is 10.8. The van der Waals surface area contributed by atoms with Crippen molar-refractivity contribution in [1.29, 1.82) is 0 Å². The van der Waals surface area contributed by atoms with Crippen molar-refractivity contribution in [1.82, 2.24) is 4.98 Å². The van der Waals surface area contributed by atoms with Crippen molar-refractivity contribution >= 4 is 27.3 Å². The van der Waals surface area contributed by atoms with Crippen molar-refractivity contribution in [3.8, 4) is 0 Å². The van der Waals surface area contributed by atoms with Crippen molar-refractivity contribution in [3.63, 3.8) is 0 Å². The average Bonchev–Trinajstić information content (AvgIpc) is 2.15. The maximum atomic E-state index is 9.25. The molecule has 1 aromatic heterocycles. The van der Waals surface area contributed by atoms with Crippen molar-refractivity contribution in [3.05, 3.63) is 16.9 Å². The van der Waals surface area contributed by atoms with Crippen LogP contribution in [0.2, 0.25) is 0 Å². The summed E-state index contributed by atoms with van der Waals surface area (Å²) < 4.78 is 0.912. The van der Waals surface area contributed by atoms with Crippen LogP contribution in [-0.4, -0.2) is 29.8 Å². The van der Waals surface area contributed by atoms with Gasteiger partial charge in [0.2, 0.25) is 0 Å². The molecule has 0 bridgehead atoms. The number of aliphatic hydroxyl groups excluding tert-OH is 1.